The van der Waals surface area contributed by atoms with Crippen LogP contribution in [0, 0.1) is 0 Å². The zero-order chi connectivity index (χ0) is 14.4. The Morgan fingerprint density at radius 1 is 0.737 bits per heavy atom. The van der Waals surface area contributed by atoms with Gasteiger partial charge in [-0.05, 0) is 0 Å². The van der Waals surface area contributed by atoms with Gasteiger partial charge in [-0.2, -0.15) is 15.0 Å². The van der Waals surface area contributed by atoms with Crippen molar-refractivity contribution in [3.05, 3.63) is 0 Å². The lowest BCUT2D eigenvalue weighted by molar-refractivity contribution is 0.139. The SMILES string of the molecule is COCN(COC)c1nc(N(C)C)nc(N(C)C)n1. The minimum atomic E-state index is 0.345. The molecular weight excluding hydrogens is 248 g/mol. The molecule has 1 aromatic rings. The normalized spacial score (nSPS) is 10.4. The van der Waals surface area contributed by atoms with Crippen molar-refractivity contribution in [1.82, 2.24) is 15.0 Å². The average Bonchev–Trinajstić information content (AvgIpc) is 2.37. The molecule has 8 heteroatoms. The molecule has 0 fully saturated rings. The number of rotatable bonds is 7. The van der Waals surface area contributed by atoms with E-state index in [1.165, 1.54) is 0 Å². The van der Waals surface area contributed by atoms with Gasteiger partial charge in [0.15, 0.2) is 0 Å². The Kier molecular flexibility index (Phi) is 5.71. The Labute approximate surface area is 114 Å². The van der Waals surface area contributed by atoms with Gasteiger partial charge in [0, 0.05) is 42.4 Å². The minimum Gasteiger partial charge on any atom is -0.364 e. The zero-order valence-corrected chi connectivity index (χ0v) is 12.4. The van der Waals surface area contributed by atoms with E-state index in [0.717, 1.165) is 0 Å². The van der Waals surface area contributed by atoms with E-state index in [4.69, 9.17) is 9.47 Å². The standard InChI is InChI=1S/C11H22N6O2/c1-15(2)9-12-10(16(3)4)14-11(13-9)17(7-18-5)8-19-6/h7-8H2,1-6H3. The van der Waals surface area contributed by atoms with E-state index in [-0.39, 0.29) is 0 Å². The van der Waals surface area contributed by atoms with Crippen LogP contribution in [0.4, 0.5) is 17.8 Å². The first kappa shape index (κ1) is 15.4. The monoisotopic (exact) mass is 270 g/mol. The smallest absolute Gasteiger partial charge is 0.235 e. The quantitative estimate of drug-likeness (QED) is 0.642. The van der Waals surface area contributed by atoms with E-state index >= 15 is 0 Å². The highest BCUT2D eigenvalue weighted by molar-refractivity contribution is 5.44. The maximum Gasteiger partial charge on any atom is 0.235 e. The Morgan fingerprint density at radius 3 is 1.42 bits per heavy atom. The van der Waals surface area contributed by atoms with Gasteiger partial charge in [0.2, 0.25) is 17.8 Å². The summed E-state index contributed by atoms with van der Waals surface area (Å²) >= 11 is 0. The van der Waals surface area contributed by atoms with Crippen LogP contribution >= 0.6 is 0 Å². The molecule has 0 amide bonds. The van der Waals surface area contributed by atoms with Gasteiger partial charge in [0.25, 0.3) is 0 Å². The van der Waals surface area contributed by atoms with Crippen LogP contribution in [-0.2, 0) is 9.47 Å². The number of methoxy groups -OCH3 is 2. The van der Waals surface area contributed by atoms with Gasteiger partial charge in [-0.15, -0.1) is 0 Å². The molecule has 0 N–H and O–H groups in total. The highest BCUT2D eigenvalue weighted by Gasteiger charge is 2.15. The molecule has 0 unspecified atom stereocenters. The second-order valence-electron chi connectivity index (χ2n) is 4.40. The third-order valence-electron chi connectivity index (χ3n) is 2.25. The molecule has 0 aliphatic carbocycles. The average molecular weight is 270 g/mol. The number of hydrogen-bond donors (Lipinski definition) is 0. The Balaban J connectivity index is 3.15. The van der Waals surface area contributed by atoms with Crippen molar-refractivity contribution in [1.29, 1.82) is 0 Å². The summed E-state index contributed by atoms with van der Waals surface area (Å²) in [5, 5.41) is 0. The molecule has 1 rings (SSSR count). The molecule has 0 aliphatic heterocycles. The molecule has 0 aromatic carbocycles. The molecule has 1 aromatic heterocycles. The van der Waals surface area contributed by atoms with Crippen molar-refractivity contribution in [2.24, 2.45) is 0 Å². The highest BCUT2D eigenvalue weighted by Crippen LogP contribution is 2.16. The molecule has 0 saturated heterocycles. The first-order valence-corrected chi connectivity index (χ1v) is 5.83. The fourth-order valence-electron chi connectivity index (χ4n) is 1.35. The topological polar surface area (TPSA) is 66.9 Å². The molecule has 0 atom stereocenters. The molecule has 0 saturated carbocycles. The minimum absolute atomic E-state index is 0.345. The first-order chi connectivity index (χ1) is 8.99. The van der Waals surface area contributed by atoms with Crippen molar-refractivity contribution in [3.63, 3.8) is 0 Å². The number of hydrogen-bond acceptors (Lipinski definition) is 8. The first-order valence-electron chi connectivity index (χ1n) is 5.83. The number of ether oxygens (including phenoxy) is 2. The molecule has 0 spiro atoms. The molecule has 0 bridgehead atoms. The number of anilines is 3. The van der Waals surface area contributed by atoms with Gasteiger partial charge in [0.05, 0.1) is 0 Å². The summed E-state index contributed by atoms with van der Waals surface area (Å²) in [4.78, 5) is 18.6. The predicted molar refractivity (Wildman–Crippen MR) is 74.7 cm³/mol. The molecule has 0 radical (unpaired) electrons. The van der Waals surface area contributed by atoms with Crippen molar-refractivity contribution < 1.29 is 9.47 Å². The van der Waals surface area contributed by atoms with Gasteiger partial charge in [-0.25, -0.2) is 0 Å². The van der Waals surface area contributed by atoms with E-state index in [1.807, 2.05) is 38.0 Å². The zero-order valence-electron chi connectivity index (χ0n) is 12.4. The highest BCUT2D eigenvalue weighted by atomic mass is 16.5. The molecule has 108 valence electrons. The Morgan fingerprint density at radius 2 is 1.11 bits per heavy atom. The van der Waals surface area contributed by atoms with Gasteiger partial charge in [0.1, 0.15) is 13.5 Å². The summed E-state index contributed by atoms with van der Waals surface area (Å²) < 4.78 is 10.3. The van der Waals surface area contributed by atoms with Gasteiger partial charge >= 0.3 is 0 Å². The van der Waals surface area contributed by atoms with Gasteiger partial charge < -0.3 is 19.3 Å². The lowest BCUT2D eigenvalue weighted by Gasteiger charge is -2.23. The largest absolute Gasteiger partial charge is 0.364 e. The fourth-order valence-corrected chi connectivity index (χ4v) is 1.35. The summed E-state index contributed by atoms with van der Waals surface area (Å²) in [6.45, 7) is 0.690. The molecular formula is C11H22N6O2. The van der Waals surface area contributed by atoms with Crippen LogP contribution in [0.3, 0.4) is 0 Å². The van der Waals surface area contributed by atoms with E-state index in [0.29, 0.717) is 31.3 Å². The lowest BCUT2D eigenvalue weighted by atomic mass is 10.7. The van der Waals surface area contributed by atoms with Gasteiger partial charge in [-0.1, -0.05) is 0 Å². The van der Waals surface area contributed by atoms with E-state index in [9.17, 15) is 0 Å². The number of nitrogens with zero attached hydrogens (tertiary/aromatic N) is 6. The third-order valence-corrected chi connectivity index (χ3v) is 2.25. The van der Waals surface area contributed by atoms with Crippen molar-refractivity contribution in [2.75, 3.05) is 70.6 Å². The summed E-state index contributed by atoms with van der Waals surface area (Å²) in [6.07, 6.45) is 0. The van der Waals surface area contributed by atoms with Gasteiger partial charge in [-0.3, -0.25) is 4.90 Å². The summed E-state index contributed by atoms with van der Waals surface area (Å²) in [7, 11) is 10.8. The van der Waals surface area contributed by atoms with E-state index in [1.54, 1.807) is 19.1 Å². The van der Waals surface area contributed by atoms with Crippen LogP contribution in [0.25, 0.3) is 0 Å². The summed E-state index contributed by atoms with van der Waals surface area (Å²) in [6, 6.07) is 0. The Hall–Kier alpha value is -1.67. The van der Waals surface area contributed by atoms with Crippen LogP contribution in [0.5, 0.6) is 0 Å². The van der Waals surface area contributed by atoms with Crippen molar-refractivity contribution in [2.45, 2.75) is 0 Å². The van der Waals surface area contributed by atoms with Crippen LogP contribution in [0.1, 0.15) is 0 Å². The molecule has 8 nitrogen and oxygen atoms in total. The van der Waals surface area contributed by atoms with Crippen LogP contribution < -0.4 is 14.7 Å². The summed E-state index contributed by atoms with van der Waals surface area (Å²) in [5.41, 5.74) is 0. The molecule has 19 heavy (non-hydrogen) atoms. The van der Waals surface area contributed by atoms with Crippen molar-refractivity contribution in [3.8, 4) is 0 Å². The fraction of sp³-hybridized carbons (Fsp3) is 0.727. The van der Waals surface area contributed by atoms with Crippen molar-refractivity contribution >= 4 is 17.8 Å². The van der Waals surface area contributed by atoms with Crippen LogP contribution in [0.2, 0.25) is 0 Å². The second-order valence-corrected chi connectivity index (χ2v) is 4.40. The van der Waals surface area contributed by atoms with E-state index < -0.39 is 0 Å². The van der Waals surface area contributed by atoms with E-state index in [2.05, 4.69) is 15.0 Å². The maximum absolute atomic E-state index is 5.13. The molecule has 0 aliphatic rings. The maximum atomic E-state index is 5.13. The second kappa shape index (κ2) is 7.05. The third kappa shape index (κ3) is 4.18. The lowest BCUT2D eigenvalue weighted by Crippen LogP contribution is -2.31. The predicted octanol–water partition coefficient (Wildman–Crippen LogP) is 0.0178. The molecule has 1 heterocycles. The Bertz CT molecular complexity index is 367. The number of aromatic nitrogens is 3. The summed E-state index contributed by atoms with van der Waals surface area (Å²) in [5.74, 6) is 1.70. The van der Waals surface area contributed by atoms with Crippen LogP contribution in [0.15, 0.2) is 0 Å². The van der Waals surface area contributed by atoms with Crippen LogP contribution in [-0.4, -0.2) is 70.8 Å².